The largest absolute Gasteiger partial charge is 0.372 e. The van der Waals surface area contributed by atoms with Crippen molar-refractivity contribution in [2.24, 2.45) is 11.0 Å². The zero-order valence-electron chi connectivity index (χ0n) is 16.5. The maximum Gasteiger partial charge on any atom is 0.281 e. The number of nitrogens with zero attached hydrogens (tertiary/aromatic N) is 2. The van der Waals surface area contributed by atoms with Gasteiger partial charge in [0, 0.05) is 23.7 Å². The first kappa shape index (κ1) is 19.6. The maximum absolute atomic E-state index is 12.4. The van der Waals surface area contributed by atoms with Crippen LogP contribution >= 0.6 is 11.3 Å². The summed E-state index contributed by atoms with van der Waals surface area (Å²) in [7, 11) is 0. The number of amides is 1. The van der Waals surface area contributed by atoms with E-state index >= 15 is 0 Å². The van der Waals surface area contributed by atoms with Crippen molar-refractivity contribution in [2.45, 2.75) is 46.5 Å². The lowest BCUT2D eigenvalue weighted by molar-refractivity contribution is 0.0959. The quantitative estimate of drug-likeness (QED) is 0.547. The number of rotatable bonds is 7. The van der Waals surface area contributed by atoms with Crippen LogP contribution < -0.4 is 10.3 Å². The van der Waals surface area contributed by atoms with Crippen molar-refractivity contribution in [3.63, 3.8) is 0 Å². The van der Waals surface area contributed by atoms with Gasteiger partial charge in [-0.15, -0.1) is 11.3 Å². The summed E-state index contributed by atoms with van der Waals surface area (Å²) in [5.74, 6) is 0.652. The third-order valence-electron chi connectivity index (χ3n) is 5.39. The number of hydrazone groups is 1. The molecule has 3 rings (SSSR count). The first-order chi connectivity index (χ1) is 13.1. The van der Waals surface area contributed by atoms with E-state index in [0.717, 1.165) is 42.3 Å². The van der Waals surface area contributed by atoms with Crippen LogP contribution in [0.2, 0.25) is 0 Å². The molecule has 0 unspecified atom stereocenters. The molecule has 144 valence electrons. The monoisotopic (exact) mass is 383 g/mol. The summed E-state index contributed by atoms with van der Waals surface area (Å²) >= 11 is 1.62. The van der Waals surface area contributed by atoms with Crippen LogP contribution in [0.5, 0.6) is 0 Å². The standard InChI is InChI=1S/C22H29N3OS/c1-4-16-9-12-20-18(13-16)14-21(27-20)22(26)24-23-15-17-7-10-19(11-8-17)25(5-2)6-3/h7-8,10-11,14-16H,4-6,9,12-13H2,1-3H3,(H,24,26)/b23-15-/t16-/m0/s1. The van der Waals surface area contributed by atoms with E-state index in [9.17, 15) is 4.79 Å². The third-order valence-corrected chi connectivity index (χ3v) is 6.62. The molecule has 1 amide bonds. The average Bonchev–Trinajstić information content (AvgIpc) is 3.13. The Labute approximate surface area is 166 Å². The second kappa shape index (κ2) is 9.18. The highest BCUT2D eigenvalue weighted by Crippen LogP contribution is 2.33. The fourth-order valence-electron chi connectivity index (χ4n) is 3.64. The molecule has 1 atom stereocenters. The number of anilines is 1. The smallest absolute Gasteiger partial charge is 0.281 e. The fourth-order valence-corrected chi connectivity index (χ4v) is 4.74. The van der Waals surface area contributed by atoms with E-state index in [2.05, 4.69) is 54.4 Å². The summed E-state index contributed by atoms with van der Waals surface area (Å²) < 4.78 is 0. The minimum absolute atomic E-state index is 0.113. The Balaban J connectivity index is 1.58. The minimum Gasteiger partial charge on any atom is -0.372 e. The molecule has 1 aliphatic carbocycles. The number of carbonyl (C=O) groups excluding carboxylic acids is 1. The highest BCUT2D eigenvalue weighted by atomic mass is 32.1. The van der Waals surface area contributed by atoms with E-state index in [1.165, 1.54) is 29.0 Å². The Kier molecular flexibility index (Phi) is 6.67. The van der Waals surface area contributed by atoms with Crippen LogP contribution in [-0.4, -0.2) is 25.2 Å². The van der Waals surface area contributed by atoms with Gasteiger partial charge in [0.25, 0.3) is 5.91 Å². The minimum atomic E-state index is -0.113. The molecular weight excluding hydrogens is 354 g/mol. The predicted octanol–water partition coefficient (Wildman–Crippen LogP) is 4.87. The fraction of sp³-hybridized carbons (Fsp3) is 0.455. The number of benzene rings is 1. The third kappa shape index (κ3) is 4.78. The molecule has 1 aromatic carbocycles. The number of hydrogen-bond donors (Lipinski definition) is 1. The zero-order valence-corrected chi connectivity index (χ0v) is 17.3. The van der Waals surface area contributed by atoms with E-state index in [0.29, 0.717) is 0 Å². The van der Waals surface area contributed by atoms with Gasteiger partial charge < -0.3 is 4.90 Å². The van der Waals surface area contributed by atoms with Crippen molar-refractivity contribution >= 4 is 29.1 Å². The van der Waals surface area contributed by atoms with E-state index in [4.69, 9.17) is 0 Å². The molecule has 0 bridgehead atoms. The summed E-state index contributed by atoms with van der Waals surface area (Å²) in [5.41, 5.74) is 6.21. The van der Waals surface area contributed by atoms with E-state index in [-0.39, 0.29) is 5.91 Å². The van der Waals surface area contributed by atoms with E-state index < -0.39 is 0 Å². The molecule has 1 aliphatic rings. The van der Waals surface area contributed by atoms with Crippen LogP contribution in [0.25, 0.3) is 0 Å². The summed E-state index contributed by atoms with van der Waals surface area (Å²) in [6, 6.07) is 10.3. The van der Waals surface area contributed by atoms with Gasteiger partial charge >= 0.3 is 0 Å². The maximum atomic E-state index is 12.4. The van der Waals surface area contributed by atoms with Crippen molar-refractivity contribution < 1.29 is 4.79 Å². The molecule has 1 aromatic heterocycles. The molecule has 1 N–H and O–H groups in total. The van der Waals surface area contributed by atoms with Gasteiger partial charge in [-0.3, -0.25) is 4.79 Å². The Morgan fingerprint density at radius 3 is 2.67 bits per heavy atom. The van der Waals surface area contributed by atoms with Gasteiger partial charge in [0.15, 0.2) is 0 Å². The number of hydrogen-bond acceptors (Lipinski definition) is 4. The molecule has 0 fully saturated rings. The van der Waals surface area contributed by atoms with Crippen LogP contribution in [-0.2, 0) is 12.8 Å². The average molecular weight is 384 g/mol. The van der Waals surface area contributed by atoms with E-state index in [1.807, 2.05) is 12.1 Å². The molecule has 0 spiro atoms. The Morgan fingerprint density at radius 1 is 1.26 bits per heavy atom. The van der Waals surface area contributed by atoms with Gasteiger partial charge in [0.1, 0.15) is 0 Å². The van der Waals surface area contributed by atoms with Crippen molar-refractivity contribution in [1.29, 1.82) is 0 Å². The van der Waals surface area contributed by atoms with Crippen LogP contribution in [0.1, 0.15) is 59.3 Å². The lowest BCUT2D eigenvalue weighted by Gasteiger charge is -2.20. The van der Waals surface area contributed by atoms with Crippen molar-refractivity contribution in [1.82, 2.24) is 5.43 Å². The highest BCUT2D eigenvalue weighted by Gasteiger charge is 2.21. The molecule has 0 saturated heterocycles. The van der Waals surface area contributed by atoms with Crippen molar-refractivity contribution in [3.05, 3.63) is 51.2 Å². The topological polar surface area (TPSA) is 44.7 Å². The molecule has 0 aliphatic heterocycles. The first-order valence-electron chi connectivity index (χ1n) is 9.94. The summed E-state index contributed by atoms with van der Waals surface area (Å²) in [4.78, 5) is 16.8. The Hall–Kier alpha value is -2.14. The number of carbonyl (C=O) groups is 1. The number of fused-ring (bicyclic) bond motifs is 1. The molecular formula is C22H29N3OS. The van der Waals surface area contributed by atoms with Gasteiger partial charge in [-0.1, -0.05) is 25.5 Å². The van der Waals surface area contributed by atoms with Crippen LogP contribution in [0.15, 0.2) is 35.4 Å². The second-order valence-electron chi connectivity index (χ2n) is 7.04. The Bertz CT molecular complexity index is 790. The molecule has 5 heteroatoms. The van der Waals surface area contributed by atoms with E-state index in [1.54, 1.807) is 17.6 Å². The predicted molar refractivity (Wildman–Crippen MR) is 115 cm³/mol. The van der Waals surface area contributed by atoms with Crippen LogP contribution in [0.3, 0.4) is 0 Å². The van der Waals surface area contributed by atoms with Gasteiger partial charge in [-0.05, 0) is 68.4 Å². The lowest BCUT2D eigenvalue weighted by atomic mass is 9.87. The normalized spacial score (nSPS) is 16.3. The molecule has 1 heterocycles. The molecule has 2 aromatic rings. The first-order valence-corrected chi connectivity index (χ1v) is 10.8. The van der Waals surface area contributed by atoms with Crippen LogP contribution in [0, 0.1) is 5.92 Å². The number of aryl methyl sites for hydroxylation is 1. The summed E-state index contributed by atoms with van der Waals surface area (Å²) in [6.07, 6.45) is 6.37. The van der Waals surface area contributed by atoms with Gasteiger partial charge in [-0.2, -0.15) is 5.10 Å². The lowest BCUT2D eigenvalue weighted by Crippen LogP contribution is -2.21. The van der Waals surface area contributed by atoms with Gasteiger partial charge in [0.2, 0.25) is 0 Å². The van der Waals surface area contributed by atoms with Crippen molar-refractivity contribution in [2.75, 3.05) is 18.0 Å². The summed E-state index contributed by atoms with van der Waals surface area (Å²) in [6.45, 7) is 8.53. The number of thiophene rings is 1. The zero-order chi connectivity index (χ0) is 19.2. The molecule has 27 heavy (non-hydrogen) atoms. The van der Waals surface area contributed by atoms with Gasteiger partial charge in [-0.25, -0.2) is 5.43 Å². The SMILES string of the molecule is CC[C@H]1CCc2sc(C(=O)N/N=C\c3ccc(N(CC)CC)cc3)cc2C1. The molecule has 0 saturated carbocycles. The van der Waals surface area contributed by atoms with Crippen LogP contribution in [0.4, 0.5) is 5.69 Å². The van der Waals surface area contributed by atoms with Gasteiger partial charge in [0.05, 0.1) is 11.1 Å². The molecule has 4 nitrogen and oxygen atoms in total. The Morgan fingerprint density at radius 2 is 2.00 bits per heavy atom. The molecule has 0 radical (unpaired) electrons. The number of nitrogens with one attached hydrogen (secondary N) is 1. The second-order valence-corrected chi connectivity index (χ2v) is 8.18. The highest BCUT2D eigenvalue weighted by molar-refractivity contribution is 7.14. The van der Waals surface area contributed by atoms with Crippen molar-refractivity contribution in [3.8, 4) is 0 Å². The summed E-state index contributed by atoms with van der Waals surface area (Å²) in [5, 5.41) is 4.14.